The predicted octanol–water partition coefficient (Wildman–Crippen LogP) is 0.527. The lowest BCUT2D eigenvalue weighted by Gasteiger charge is -2.06. The van der Waals surface area contributed by atoms with Crippen molar-refractivity contribution in [3.63, 3.8) is 0 Å². The zero-order chi connectivity index (χ0) is 15.3. The molecule has 0 unspecified atom stereocenters. The molecule has 0 aliphatic rings. The maximum atomic E-state index is 11.7. The lowest BCUT2D eigenvalue weighted by atomic mass is 10.2. The highest BCUT2D eigenvalue weighted by molar-refractivity contribution is 7.88. The summed E-state index contributed by atoms with van der Waals surface area (Å²) in [4.78, 5) is 21.6. The van der Waals surface area contributed by atoms with Crippen molar-refractivity contribution >= 4 is 33.2 Å². The Bertz CT molecular complexity index is 632. The Hall–Kier alpha value is -1.71. The molecule has 10 heteroatoms. The van der Waals surface area contributed by atoms with E-state index in [1.807, 2.05) is 0 Å². The number of carbonyl (C=O) groups is 1. The molecule has 0 saturated carbocycles. The Morgan fingerprint density at radius 1 is 1.40 bits per heavy atom. The molecule has 0 aromatic heterocycles. The van der Waals surface area contributed by atoms with Gasteiger partial charge in [0.05, 0.1) is 11.2 Å². The second-order valence-electron chi connectivity index (χ2n) is 3.85. The molecule has 0 bridgehead atoms. The highest BCUT2D eigenvalue weighted by atomic mass is 35.5. The average molecular weight is 322 g/mol. The fourth-order valence-electron chi connectivity index (χ4n) is 1.31. The van der Waals surface area contributed by atoms with Gasteiger partial charge in [-0.1, -0.05) is 11.6 Å². The van der Waals surface area contributed by atoms with Crippen molar-refractivity contribution in [3.8, 4) is 0 Å². The highest BCUT2D eigenvalue weighted by Gasteiger charge is 2.15. The zero-order valence-electron chi connectivity index (χ0n) is 10.4. The number of sulfonamides is 1. The van der Waals surface area contributed by atoms with Gasteiger partial charge in [-0.15, -0.1) is 0 Å². The van der Waals surface area contributed by atoms with Gasteiger partial charge in [-0.3, -0.25) is 14.9 Å². The minimum Gasteiger partial charge on any atom is -0.351 e. The minimum atomic E-state index is -3.31. The van der Waals surface area contributed by atoms with E-state index >= 15 is 0 Å². The quantitative estimate of drug-likeness (QED) is 0.450. The predicted molar refractivity (Wildman–Crippen MR) is 73.3 cm³/mol. The van der Waals surface area contributed by atoms with Crippen LogP contribution in [0.4, 0.5) is 5.69 Å². The number of hydrogen-bond donors (Lipinski definition) is 2. The molecule has 8 nitrogen and oxygen atoms in total. The fraction of sp³-hybridized carbons (Fsp3) is 0.300. The second kappa shape index (κ2) is 6.64. The van der Waals surface area contributed by atoms with Crippen LogP contribution in [0.3, 0.4) is 0 Å². The van der Waals surface area contributed by atoms with E-state index in [0.717, 1.165) is 12.3 Å². The molecule has 0 fully saturated rings. The Labute approximate surface area is 120 Å². The molecule has 110 valence electrons. The van der Waals surface area contributed by atoms with Gasteiger partial charge in [-0.25, -0.2) is 13.1 Å². The van der Waals surface area contributed by atoms with E-state index < -0.39 is 20.9 Å². The number of hydrogen-bond acceptors (Lipinski definition) is 5. The first-order valence-electron chi connectivity index (χ1n) is 5.37. The second-order valence-corrected chi connectivity index (χ2v) is 6.09. The van der Waals surface area contributed by atoms with Crippen LogP contribution in [0, 0.1) is 10.1 Å². The smallest absolute Gasteiger partial charge is 0.287 e. The normalized spacial score (nSPS) is 11.1. The molecule has 0 saturated heterocycles. The maximum absolute atomic E-state index is 11.7. The van der Waals surface area contributed by atoms with Gasteiger partial charge in [-0.2, -0.15) is 0 Å². The third-order valence-electron chi connectivity index (χ3n) is 2.18. The van der Waals surface area contributed by atoms with Gasteiger partial charge in [-0.05, 0) is 12.1 Å². The van der Waals surface area contributed by atoms with Gasteiger partial charge in [0.1, 0.15) is 5.02 Å². The Morgan fingerprint density at radius 2 is 2.05 bits per heavy atom. The molecule has 20 heavy (non-hydrogen) atoms. The van der Waals surface area contributed by atoms with Crippen molar-refractivity contribution in [2.45, 2.75) is 0 Å². The van der Waals surface area contributed by atoms with E-state index in [9.17, 15) is 23.3 Å². The molecule has 0 aliphatic carbocycles. The van der Waals surface area contributed by atoms with Crippen LogP contribution in [0.25, 0.3) is 0 Å². The molecular formula is C10H12ClN3O5S. The summed E-state index contributed by atoms with van der Waals surface area (Å²) in [6.07, 6.45) is 1.00. The molecule has 0 spiro atoms. The first kappa shape index (κ1) is 16.3. The van der Waals surface area contributed by atoms with Gasteiger partial charge in [0.15, 0.2) is 0 Å². The molecule has 1 aromatic rings. The van der Waals surface area contributed by atoms with E-state index in [0.29, 0.717) is 0 Å². The molecule has 1 amide bonds. The number of nitro groups is 1. The monoisotopic (exact) mass is 321 g/mol. The topological polar surface area (TPSA) is 118 Å². The molecule has 0 radical (unpaired) electrons. The largest absolute Gasteiger partial charge is 0.351 e. The number of nitrogens with zero attached hydrogens (tertiary/aromatic N) is 1. The third kappa shape index (κ3) is 5.11. The van der Waals surface area contributed by atoms with Crippen molar-refractivity contribution in [1.82, 2.24) is 10.0 Å². The molecule has 0 atom stereocenters. The molecule has 0 aliphatic heterocycles. The van der Waals surface area contributed by atoms with Crippen LogP contribution in [-0.2, 0) is 10.0 Å². The first-order valence-corrected chi connectivity index (χ1v) is 7.64. The Balaban J connectivity index is 2.60. The van der Waals surface area contributed by atoms with E-state index in [2.05, 4.69) is 10.0 Å². The van der Waals surface area contributed by atoms with Crippen molar-refractivity contribution < 1.29 is 18.1 Å². The molecule has 0 heterocycles. The van der Waals surface area contributed by atoms with Gasteiger partial charge in [0.25, 0.3) is 11.6 Å². The molecule has 2 N–H and O–H groups in total. The summed E-state index contributed by atoms with van der Waals surface area (Å²) >= 11 is 5.68. The van der Waals surface area contributed by atoms with Crippen molar-refractivity contribution in [1.29, 1.82) is 0 Å². The molecule has 1 aromatic carbocycles. The molecular weight excluding hydrogens is 310 g/mol. The summed E-state index contributed by atoms with van der Waals surface area (Å²) in [6.45, 7) is 0.131. The number of carbonyl (C=O) groups excluding carboxylic acids is 1. The van der Waals surface area contributed by atoms with Crippen LogP contribution in [0.1, 0.15) is 10.4 Å². The van der Waals surface area contributed by atoms with Crippen LogP contribution >= 0.6 is 11.6 Å². The van der Waals surface area contributed by atoms with Crippen LogP contribution in [0.5, 0.6) is 0 Å². The zero-order valence-corrected chi connectivity index (χ0v) is 12.0. The van der Waals surface area contributed by atoms with Crippen molar-refractivity contribution in [2.75, 3.05) is 19.3 Å². The summed E-state index contributed by atoms with van der Waals surface area (Å²) in [7, 11) is -3.31. The van der Waals surface area contributed by atoms with Gasteiger partial charge in [0, 0.05) is 24.7 Å². The van der Waals surface area contributed by atoms with E-state index in [-0.39, 0.29) is 29.4 Å². The summed E-state index contributed by atoms with van der Waals surface area (Å²) in [5.41, 5.74) is -0.137. The highest BCUT2D eigenvalue weighted by Crippen LogP contribution is 2.24. The standard InChI is InChI=1S/C10H12ClN3O5S/c1-20(18,19)13-5-4-12-10(15)7-2-3-9(14(16)17)8(11)6-7/h2-3,6,13H,4-5H2,1H3,(H,12,15). The first-order chi connectivity index (χ1) is 9.20. The van der Waals surface area contributed by atoms with Gasteiger partial charge < -0.3 is 5.32 Å². The number of benzene rings is 1. The van der Waals surface area contributed by atoms with Crippen LogP contribution < -0.4 is 10.0 Å². The fourth-order valence-corrected chi connectivity index (χ4v) is 2.03. The third-order valence-corrected chi connectivity index (χ3v) is 3.21. The van der Waals surface area contributed by atoms with E-state index in [1.54, 1.807) is 0 Å². The summed E-state index contributed by atoms with van der Waals surface area (Å²) in [5.74, 6) is -0.503. The number of nitrogens with one attached hydrogen (secondary N) is 2. The molecule has 1 rings (SSSR count). The van der Waals surface area contributed by atoms with Gasteiger partial charge in [0.2, 0.25) is 10.0 Å². The van der Waals surface area contributed by atoms with Crippen LogP contribution in [-0.4, -0.2) is 38.6 Å². The van der Waals surface area contributed by atoms with E-state index in [1.165, 1.54) is 12.1 Å². The number of amides is 1. The minimum absolute atomic E-state index is 0.0469. The SMILES string of the molecule is CS(=O)(=O)NCCNC(=O)c1ccc([N+](=O)[O-])c(Cl)c1. The summed E-state index contributed by atoms with van der Waals surface area (Å²) in [5, 5.41) is 12.9. The van der Waals surface area contributed by atoms with Crippen molar-refractivity contribution in [2.24, 2.45) is 0 Å². The van der Waals surface area contributed by atoms with E-state index in [4.69, 9.17) is 11.6 Å². The van der Waals surface area contributed by atoms with Crippen LogP contribution in [0.15, 0.2) is 18.2 Å². The maximum Gasteiger partial charge on any atom is 0.287 e. The van der Waals surface area contributed by atoms with Crippen molar-refractivity contribution in [3.05, 3.63) is 38.9 Å². The number of halogens is 1. The number of rotatable bonds is 6. The Kier molecular flexibility index (Phi) is 5.43. The van der Waals surface area contributed by atoms with Crippen LogP contribution in [0.2, 0.25) is 5.02 Å². The average Bonchev–Trinajstić information content (AvgIpc) is 2.32. The summed E-state index contributed by atoms with van der Waals surface area (Å²) in [6, 6.07) is 3.58. The summed E-state index contributed by atoms with van der Waals surface area (Å²) < 4.78 is 23.8. The van der Waals surface area contributed by atoms with Gasteiger partial charge >= 0.3 is 0 Å². The Morgan fingerprint density at radius 3 is 2.55 bits per heavy atom. The number of nitro benzene ring substituents is 1. The lowest BCUT2D eigenvalue weighted by Crippen LogP contribution is -2.34. The lowest BCUT2D eigenvalue weighted by molar-refractivity contribution is -0.384.